The van der Waals surface area contributed by atoms with Gasteiger partial charge in [0.2, 0.25) is 5.95 Å². The molecule has 0 amide bonds. The fourth-order valence-electron chi connectivity index (χ4n) is 1.93. The van der Waals surface area contributed by atoms with E-state index in [1.807, 2.05) is 19.1 Å². The number of rotatable bonds is 5. The molecule has 2 N–H and O–H groups in total. The zero-order valence-corrected chi connectivity index (χ0v) is 12.4. The highest BCUT2D eigenvalue weighted by Gasteiger charge is 2.05. The van der Waals surface area contributed by atoms with E-state index in [2.05, 4.69) is 50.0 Å². The van der Waals surface area contributed by atoms with E-state index in [-0.39, 0.29) is 0 Å². The first-order valence-corrected chi connectivity index (χ1v) is 6.99. The van der Waals surface area contributed by atoms with Crippen LogP contribution in [0.2, 0.25) is 0 Å². The van der Waals surface area contributed by atoms with Gasteiger partial charge in [-0.1, -0.05) is 24.2 Å². The van der Waals surface area contributed by atoms with Crippen LogP contribution < -0.4 is 10.6 Å². The van der Waals surface area contributed by atoms with Crippen molar-refractivity contribution < 1.29 is 4.52 Å². The molecule has 0 fully saturated rings. The largest absolute Gasteiger partial charge is 0.360 e. The lowest BCUT2D eigenvalue weighted by Gasteiger charge is -2.07. The van der Waals surface area contributed by atoms with E-state index in [9.17, 15) is 0 Å². The molecule has 2 heterocycles. The lowest BCUT2D eigenvalue weighted by atomic mass is 10.1. The van der Waals surface area contributed by atoms with Gasteiger partial charge in [0.05, 0.1) is 6.20 Å². The number of hydrogen-bond acceptors (Lipinski definition) is 7. The zero-order valence-electron chi connectivity index (χ0n) is 12.4. The van der Waals surface area contributed by atoms with Gasteiger partial charge in [-0.15, -0.1) is 5.10 Å². The van der Waals surface area contributed by atoms with Crippen molar-refractivity contribution in [2.45, 2.75) is 20.3 Å². The number of hydrogen-bond donors (Lipinski definition) is 2. The number of anilines is 4. The highest BCUT2D eigenvalue weighted by molar-refractivity contribution is 5.57. The van der Waals surface area contributed by atoms with E-state index in [0.717, 1.165) is 12.1 Å². The molecule has 2 aromatic heterocycles. The van der Waals surface area contributed by atoms with Crippen molar-refractivity contribution >= 4 is 23.3 Å². The summed E-state index contributed by atoms with van der Waals surface area (Å²) >= 11 is 0. The first kappa shape index (κ1) is 14.0. The minimum absolute atomic E-state index is 0.350. The van der Waals surface area contributed by atoms with Gasteiger partial charge in [0, 0.05) is 11.8 Å². The number of nitrogens with zero attached hydrogens (tertiary/aromatic N) is 4. The quantitative estimate of drug-likeness (QED) is 0.747. The van der Waals surface area contributed by atoms with Crippen LogP contribution in [0.1, 0.15) is 18.2 Å². The predicted molar refractivity (Wildman–Crippen MR) is 83.5 cm³/mol. The van der Waals surface area contributed by atoms with E-state index >= 15 is 0 Å². The molecule has 0 saturated carbocycles. The van der Waals surface area contributed by atoms with Crippen molar-refractivity contribution in [2.75, 3.05) is 10.6 Å². The van der Waals surface area contributed by atoms with E-state index in [4.69, 9.17) is 4.52 Å². The lowest BCUT2D eigenvalue weighted by molar-refractivity contribution is 0.400. The molecule has 3 aromatic rings. The van der Waals surface area contributed by atoms with Crippen LogP contribution >= 0.6 is 0 Å². The smallest absolute Gasteiger partial charge is 0.250 e. The molecule has 0 aliphatic carbocycles. The second kappa shape index (κ2) is 6.21. The molecule has 0 saturated heterocycles. The second-order valence-corrected chi connectivity index (χ2v) is 4.79. The van der Waals surface area contributed by atoms with Gasteiger partial charge in [-0.25, -0.2) is 0 Å². The molecule has 0 atom stereocenters. The molecule has 0 aliphatic heterocycles. The van der Waals surface area contributed by atoms with Crippen LogP contribution in [-0.2, 0) is 6.42 Å². The van der Waals surface area contributed by atoms with Gasteiger partial charge in [0.25, 0.3) is 0 Å². The third kappa shape index (κ3) is 3.38. The summed E-state index contributed by atoms with van der Waals surface area (Å²) in [5.74, 6) is 2.20. The van der Waals surface area contributed by atoms with Crippen molar-refractivity contribution in [3.63, 3.8) is 0 Å². The van der Waals surface area contributed by atoms with Crippen LogP contribution in [0, 0.1) is 6.92 Å². The molecule has 7 heteroatoms. The minimum Gasteiger partial charge on any atom is -0.360 e. The van der Waals surface area contributed by atoms with Gasteiger partial charge in [0.15, 0.2) is 11.6 Å². The van der Waals surface area contributed by atoms with Crippen molar-refractivity contribution in [1.82, 2.24) is 20.3 Å². The molecular weight excluding hydrogens is 280 g/mol. The predicted octanol–water partition coefficient (Wildman–Crippen LogP) is 3.22. The summed E-state index contributed by atoms with van der Waals surface area (Å²) in [6.45, 7) is 3.94. The standard InChI is InChI=1S/C15H16N6O/c1-3-11-4-6-12(7-5-11)17-14-9-16-20-15(19-14)18-13-8-10(2)22-21-13/h4-9H,3H2,1-2H3,(H2,17,18,19,20,21). The maximum Gasteiger partial charge on any atom is 0.250 e. The van der Waals surface area contributed by atoms with Gasteiger partial charge in [-0.2, -0.15) is 10.1 Å². The average Bonchev–Trinajstić information content (AvgIpc) is 2.93. The normalized spacial score (nSPS) is 10.5. The van der Waals surface area contributed by atoms with Gasteiger partial charge >= 0.3 is 0 Å². The fourth-order valence-corrected chi connectivity index (χ4v) is 1.93. The molecule has 0 bridgehead atoms. The van der Waals surface area contributed by atoms with Crippen LogP contribution in [0.5, 0.6) is 0 Å². The van der Waals surface area contributed by atoms with Crippen molar-refractivity contribution in [3.8, 4) is 0 Å². The van der Waals surface area contributed by atoms with Crippen LogP contribution in [0.25, 0.3) is 0 Å². The zero-order chi connectivity index (χ0) is 15.4. The van der Waals surface area contributed by atoms with E-state index in [1.165, 1.54) is 5.56 Å². The summed E-state index contributed by atoms with van der Waals surface area (Å²) in [7, 11) is 0. The van der Waals surface area contributed by atoms with Crippen molar-refractivity contribution in [1.29, 1.82) is 0 Å². The maximum absolute atomic E-state index is 4.98. The first-order valence-electron chi connectivity index (χ1n) is 6.99. The Balaban J connectivity index is 1.72. The number of benzene rings is 1. The van der Waals surface area contributed by atoms with E-state index < -0.39 is 0 Å². The van der Waals surface area contributed by atoms with E-state index in [1.54, 1.807) is 12.3 Å². The Bertz CT molecular complexity index is 753. The lowest BCUT2D eigenvalue weighted by Crippen LogP contribution is -2.02. The molecule has 112 valence electrons. The Morgan fingerprint density at radius 1 is 1.09 bits per heavy atom. The Kier molecular flexibility index (Phi) is 3.95. The van der Waals surface area contributed by atoms with Crippen LogP contribution in [0.4, 0.5) is 23.3 Å². The Hall–Kier alpha value is -2.96. The Morgan fingerprint density at radius 2 is 1.91 bits per heavy atom. The van der Waals surface area contributed by atoms with Gasteiger partial charge in [0.1, 0.15) is 5.76 Å². The molecule has 0 unspecified atom stereocenters. The monoisotopic (exact) mass is 296 g/mol. The van der Waals surface area contributed by atoms with Gasteiger partial charge in [-0.05, 0) is 31.0 Å². The van der Waals surface area contributed by atoms with E-state index in [0.29, 0.717) is 23.3 Å². The van der Waals surface area contributed by atoms with Crippen LogP contribution in [-0.4, -0.2) is 20.3 Å². The highest BCUT2D eigenvalue weighted by Crippen LogP contribution is 2.17. The number of aryl methyl sites for hydroxylation is 2. The fraction of sp³-hybridized carbons (Fsp3) is 0.200. The van der Waals surface area contributed by atoms with Crippen molar-refractivity contribution in [3.05, 3.63) is 47.9 Å². The third-order valence-corrected chi connectivity index (χ3v) is 3.06. The molecule has 0 spiro atoms. The number of aromatic nitrogens is 4. The minimum atomic E-state index is 0.350. The molecule has 0 radical (unpaired) electrons. The van der Waals surface area contributed by atoms with Crippen LogP contribution in [0.15, 0.2) is 41.1 Å². The summed E-state index contributed by atoms with van der Waals surface area (Å²) in [5, 5.41) is 17.8. The summed E-state index contributed by atoms with van der Waals surface area (Å²) in [6, 6.07) is 9.93. The Labute approximate surface area is 127 Å². The molecule has 7 nitrogen and oxygen atoms in total. The molecular formula is C15H16N6O. The Morgan fingerprint density at radius 3 is 2.59 bits per heavy atom. The van der Waals surface area contributed by atoms with Crippen LogP contribution in [0.3, 0.4) is 0 Å². The number of nitrogens with one attached hydrogen (secondary N) is 2. The summed E-state index contributed by atoms with van der Waals surface area (Å²) in [4.78, 5) is 4.34. The topological polar surface area (TPSA) is 88.8 Å². The third-order valence-electron chi connectivity index (χ3n) is 3.06. The molecule has 22 heavy (non-hydrogen) atoms. The SMILES string of the molecule is CCc1ccc(Nc2cnnc(Nc3cc(C)on3)n2)cc1. The van der Waals surface area contributed by atoms with Crippen molar-refractivity contribution in [2.24, 2.45) is 0 Å². The molecule has 3 rings (SSSR count). The van der Waals surface area contributed by atoms with Gasteiger partial charge in [-0.3, -0.25) is 0 Å². The average molecular weight is 296 g/mol. The first-order chi connectivity index (χ1) is 10.7. The summed E-state index contributed by atoms with van der Waals surface area (Å²) in [6.07, 6.45) is 2.58. The summed E-state index contributed by atoms with van der Waals surface area (Å²) in [5.41, 5.74) is 2.23. The maximum atomic E-state index is 4.98. The molecule has 1 aromatic carbocycles. The highest BCUT2D eigenvalue weighted by atomic mass is 16.5. The van der Waals surface area contributed by atoms with Gasteiger partial charge < -0.3 is 15.2 Å². The summed E-state index contributed by atoms with van der Waals surface area (Å²) < 4.78 is 4.98. The molecule has 0 aliphatic rings. The second-order valence-electron chi connectivity index (χ2n) is 4.79.